The van der Waals surface area contributed by atoms with Gasteiger partial charge in [0.05, 0.1) is 5.52 Å². The molecule has 1 N–H and O–H groups in total. The number of aromatic nitrogens is 2. The normalized spacial score (nSPS) is 19.9. The molecule has 4 rings (SSSR count). The van der Waals surface area contributed by atoms with Gasteiger partial charge in [0.25, 0.3) is 5.91 Å². The van der Waals surface area contributed by atoms with E-state index in [1.807, 2.05) is 30.3 Å². The summed E-state index contributed by atoms with van der Waals surface area (Å²) in [6.45, 7) is 3.83. The molecule has 2 aromatic heterocycles. The second kappa shape index (κ2) is 8.63. The maximum Gasteiger partial charge on any atom is 0.268 e. The summed E-state index contributed by atoms with van der Waals surface area (Å²) >= 11 is 0. The molecule has 3 aromatic rings. The van der Waals surface area contributed by atoms with Gasteiger partial charge in [-0.1, -0.05) is 25.1 Å². The highest BCUT2D eigenvalue weighted by atomic mass is 32.2. The fourth-order valence-corrected chi connectivity index (χ4v) is 5.82. The molecule has 1 amide bonds. The lowest BCUT2D eigenvalue weighted by Gasteiger charge is -2.32. The van der Waals surface area contributed by atoms with Crippen LogP contribution in [0.4, 0.5) is 4.39 Å². The number of nitrogens with one attached hydrogen (secondary N) is 1. The Hall–Kier alpha value is -2.78. The number of pyridine rings is 1. The van der Waals surface area contributed by atoms with Crippen LogP contribution in [0, 0.1) is 12.8 Å². The van der Waals surface area contributed by atoms with Gasteiger partial charge in [-0.15, -0.1) is 0 Å². The summed E-state index contributed by atoms with van der Waals surface area (Å²) in [7, 11) is -2.24. The van der Waals surface area contributed by atoms with Crippen LogP contribution in [0.1, 0.15) is 35.1 Å². The predicted octanol–water partition coefficient (Wildman–Crippen LogP) is 3.18. The van der Waals surface area contributed by atoms with Gasteiger partial charge in [-0.05, 0) is 43.0 Å². The zero-order valence-corrected chi connectivity index (χ0v) is 19.2. The molecule has 1 saturated heterocycles. The maximum absolute atomic E-state index is 14.2. The number of nitrogens with zero attached hydrogens (tertiary/aromatic N) is 3. The van der Waals surface area contributed by atoms with Gasteiger partial charge in [-0.3, -0.25) is 9.78 Å². The van der Waals surface area contributed by atoms with E-state index >= 15 is 0 Å². The molecule has 9 heteroatoms. The number of carbonyl (C=O) groups is 1. The number of benzene rings is 1. The Morgan fingerprint density at radius 2 is 2.06 bits per heavy atom. The van der Waals surface area contributed by atoms with Gasteiger partial charge in [-0.2, -0.15) is 4.31 Å². The summed E-state index contributed by atoms with van der Waals surface area (Å²) in [4.78, 5) is 17.3. The van der Waals surface area contributed by atoms with Gasteiger partial charge in [0.2, 0.25) is 10.0 Å². The fourth-order valence-electron chi connectivity index (χ4n) is 4.09. The standard InChI is InChI=1S/C23H27FN4O3S/c1-15-9-11-28(14-19(15)24)32(30,31)22-12-21(27(3)16(22)2)23(29)26-13-17-6-4-8-20-18(17)7-5-10-25-20/h4-8,10,12,15,19H,9,11,13-14H2,1-3H3,(H,26,29)/t15-,19+/m0/s1. The zero-order chi connectivity index (χ0) is 23.0. The van der Waals surface area contributed by atoms with Crippen molar-refractivity contribution in [2.45, 2.75) is 37.9 Å². The number of amides is 1. The number of hydrogen-bond acceptors (Lipinski definition) is 4. The van der Waals surface area contributed by atoms with Crippen LogP contribution in [-0.2, 0) is 23.6 Å². The molecule has 1 fully saturated rings. The lowest BCUT2D eigenvalue weighted by molar-refractivity contribution is 0.0942. The van der Waals surface area contributed by atoms with Gasteiger partial charge >= 0.3 is 0 Å². The molecule has 1 aliphatic heterocycles. The number of sulfonamides is 1. The van der Waals surface area contributed by atoms with E-state index in [1.165, 1.54) is 10.4 Å². The van der Waals surface area contributed by atoms with Crippen molar-refractivity contribution >= 4 is 26.8 Å². The molecular formula is C23H27FN4O3S. The molecule has 170 valence electrons. The topological polar surface area (TPSA) is 84.3 Å². The van der Waals surface area contributed by atoms with E-state index in [2.05, 4.69) is 10.3 Å². The summed E-state index contributed by atoms with van der Waals surface area (Å²) < 4.78 is 43.3. The lowest BCUT2D eigenvalue weighted by atomic mass is 9.99. The molecule has 0 spiro atoms. The quantitative estimate of drug-likeness (QED) is 0.637. The Balaban J connectivity index is 1.56. The number of carbonyl (C=O) groups excluding carboxylic acids is 1. The first-order chi connectivity index (χ1) is 15.2. The molecule has 0 aliphatic carbocycles. The Morgan fingerprint density at radius 3 is 2.81 bits per heavy atom. The Morgan fingerprint density at radius 1 is 1.28 bits per heavy atom. The van der Waals surface area contributed by atoms with Crippen LogP contribution in [-0.4, -0.2) is 47.4 Å². The summed E-state index contributed by atoms with van der Waals surface area (Å²) in [6, 6.07) is 10.9. The minimum atomic E-state index is -3.90. The third kappa shape index (κ3) is 4.02. The van der Waals surface area contributed by atoms with Crippen molar-refractivity contribution in [1.29, 1.82) is 0 Å². The van der Waals surface area contributed by atoms with Crippen molar-refractivity contribution in [3.63, 3.8) is 0 Å². The Bertz CT molecular complexity index is 1270. The minimum Gasteiger partial charge on any atom is -0.347 e. The molecule has 1 aliphatic rings. The third-order valence-corrected chi connectivity index (χ3v) is 8.32. The van der Waals surface area contributed by atoms with Crippen LogP contribution in [0.15, 0.2) is 47.5 Å². The van der Waals surface area contributed by atoms with Crippen LogP contribution >= 0.6 is 0 Å². The van der Waals surface area contributed by atoms with Gasteiger partial charge < -0.3 is 9.88 Å². The number of alkyl halides is 1. The first-order valence-corrected chi connectivity index (χ1v) is 12.1. The molecule has 1 aromatic carbocycles. The first kappa shape index (κ1) is 22.4. The lowest BCUT2D eigenvalue weighted by Crippen LogP contribution is -2.44. The number of hydrogen-bond donors (Lipinski definition) is 1. The van der Waals surface area contributed by atoms with E-state index in [0.717, 1.165) is 16.5 Å². The highest BCUT2D eigenvalue weighted by molar-refractivity contribution is 7.89. The molecule has 32 heavy (non-hydrogen) atoms. The molecule has 3 heterocycles. The summed E-state index contributed by atoms with van der Waals surface area (Å²) in [5, 5.41) is 3.82. The molecular weight excluding hydrogens is 431 g/mol. The second-order valence-electron chi connectivity index (χ2n) is 8.35. The van der Waals surface area contributed by atoms with Crippen molar-refractivity contribution in [3.05, 3.63) is 59.5 Å². The largest absolute Gasteiger partial charge is 0.347 e. The molecule has 0 bridgehead atoms. The van der Waals surface area contributed by atoms with Crippen molar-refractivity contribution in [3.8, 4) is 0 Å². The minimum absolute atomic E-state index is 0.0428. The third-order valence-electron chi connectivity index (χ3n) is 6.34. The second-order valence-corrected chi connectivity index (χ2v) is 10.3. The highest BCUT2D eigenvalue weighted by Crippen LogP contribution is 2.28. The van der Waals surface area contributed by atoms with Gasteiger partial charge in [-0.25, -0.2) is 12.8 Å². The average Bonchev–Trinajstić information content (AvgIpc) is 3.09. The summed E-state index contributed by atoms with van der Waals surface area (Å²) in [6.07, 6.45) is 0.994. The van der Waals surface area contributed by atoms with E-state index in [1.54, 1.807) is 31.7 Å². The monoisotopic (exact) mass is 458 g/mol. The van der Waals surface area contributed by atoms with Crippen LogP contribution in [0.3, 0.4) is 0 Å². The van der Waals surface area contributed by atoms with E-state index in [4.69, 9.17) is 0 Å². The van der Waals surface area contributed by atoms with Crippen LogP contribution in [0.5, 0.6) is 0 Å². The predicted molar refractivity (Wildman–Crippen MR) is 120 cm³/mol. The molecule has 0 saturated carbocycles. The van der Waals surface area contributed by atoms with E-state index in [-0.39, 0.29) is 42.0 Å². The molecule has 7 nitrogen and oxygen atoms in total. The fraction of sp³-hybridized carbons (Fsp3) is 0.391. The van der Waals surface area contributed by atoms with Crippen molar-refractivity contribution < 1.29 is 17.6 Å². The van der Waals surface area contributed by atoms with Gasteiger partial charge in [0, 0.05) is 44.0 Å². The smallest absolute Gasteiger partial charge is 0.268 e. The first-order valence-electron chi connectivity index (χ1n) is 10.6. The van der Waals surface area contributed by atoms with Gasteiger partial charge in [0.1, 0.15) is 16.8 Å². The molecule has 2 atom stereocenters. The van der Waals surface area contributed by atoms with Crippen LogP contribution < -0.4 is 5.32 Å². The molecule has 0 unspecified atom stereocenters. The van der Waals surface area contributed by atoms with Crippen molar-refractivity contribution in [2.75, 3.05) is 13.1 Å². The highest BCUT2D eigenvalue weighted by Gasteiger charge is 2.36. The maximum atomic E-state index is 14.2. The Labute approximate surface area is 187 Å². The average molecular weight is 459 g/mol. The zero-order valence-electron chi connectivity index (χ0n) is 18.4. The molecule has 0 radical (unpaired) electrons. The van der Waals surface area contributed by atoms with E-state index in [0.29, 0.717) is 12.1 Å². The van der Waals surface area contributed by atoms with Crippen molar-refractivity contribution in [1.82, 2.24) is 19.2 Å². The van der Waals surface area contributed by atoms with Crippen LogP contribution in [0.2, 0.25) is 0 Å². The summed E-state index contributed by atoms with van der Waals surface area (Å²) in [5.74, 6) is -0.544. The Kier molecular flexibility index (Phi) is 6.05. The van der Waals surface area contributed by atoms with E-state index < -0.39 is 16.2 Å². The van der Waals surface area contributed by atoms with Crippen LogP contribution in [0.25, 0.3) is 10.9 Å². The van der Waals surface area contributed by atoms with E-state index in [9.17, 15) is 17.6 Å². The number of rotatable bonds is 5. The SMILES string of the molecule is Cc1c(S(=O)(=O)N2CC[C@H](C)[C@H](F)C2)cc(C(=O)NCc2cccc3ncccc23)n1C. The summed E-state index contributed by atoms with van der Waals surface area (Å²) in [5.41, 5.74) is 2.43. The number of piperidine rings is 1. The number of fused-ring (bicyclic) bond motifs is 1. The van der Waals surface area contributed by atoms with Gasteiger partial charge in [0.15, 0.2) is 0 Å². The van der Waals surface area contributed by atoms with Crippen molar-refractivity contribution in [2.24, 2.45) is 13.0 Å². The number of halogens is 1.